The second kappa shape index (κ2) is 25.5. The summed E-state index contributed by atoms with van der Waals surface area (Å²) in [4.78, 5) is 65.1. The van der Waals surface area contributed by atoms with Gasteiger partial charge in [0.25, 0.3) is 0 Å². The third kappa shape index (κ3) is 14.6. The molecule has 4 aromatic carbocycles. The molecule has 2 aliphatic rings. The van der Waals surface area contributed by atoms with Crippen LogP contribution in [0.15, 0.2) is 115 Å². The Morgan fingerprint density at radius 3 is 2.10 bits per heavy atom. The van der Waals surface area contributed by atoms with Crippen molar-refractivity contribution in [3.63, 3.8) is 0 Å². The van der Waals surface area contributed by atoms with E-state index in [0.29, 0.717) is 51.3 Å². The number of benzene rings is 4. The van der Waals surface area contributed by atoms with Crippen LogP contribution in [0.3, 0.4) is 0 Å². The van der Waals surface area contributed by atoms with E-state index in [2.05, 4.69) is 81.2 Å². The number of carbonyl (C=O) groups is 4. The van der Waals surface area contributed by atoms with Gasteiger partial charge in [-0.1, -0.05) is 124 Å². The molecule has 0 saturated carbocycles. The smallest absolute Gasteiger partial charge is 0.246 e. The number of likely N-dealkylation sites (tertiary alicyclic amines) is 1. The summed E-state index contributed by atoms with van der Waals surface area (Å²) in [6.45, 7) is 12.1. The number of aromatic nitrogens is 1. The number of ether oxygens (including phenoxy) is 1. The maximum Gasteiger partial charge on any atom is 0.246 e. The Morgan fingerprint density at radius 2 is 1.46 bits per heavy atom. The van der Waals surface area contributed by atoms with Crippen LogP contribution in [0.4, 0.5) is 0 Å². The standard InChI is InChI=1S/C57H69ClN6O6S/c1-40-53(71-39-60-40)45-22-20-41(21-23-45)37-59-55(68)49-36-46(65)38-64(49)56(69)54(57(2,3)4)61-50(66)18-12-7-13-19-51(67)63-32-30-62(31-33-63)34-35-70-47-26-24-44(25-27-47)52(43-16-10-6-11-17-43)48(28-29-58)42-14-8-5-9-15-42/h5-6,8-11,14-17,20-27,39,46,49,54,65H,7,12-13,18-19,28-38H2,1-4H3,(H,59,68)(H,61,66)/b52-48-/t46-,49+,54?/m1/s1. The molecule has 3 atom stereocenters. The van der Waals surface area contributed by atoms with Crippen molar-refractivity contribution in [2.45, 2.75) is 97.4 Å². The Kier molecular flexibility index (Phi) is 19.0. The van der Waals surface area contributed by atoms with E-state index in [9.17, 15) is 24.3 Å². The average Bonchev–Trinajstić information content (AvgIpc) is 4.00. The number of rotatable bonds is 21. The van der Waals surface area contributed by atoms with Gasteiger partial charge >= 0.3 is 0 Å². The molecule has 3 heterocycles. The predicted molar refractivity (Wildman–Crippen MR) is 284 cm³/mol. The topological polar surface area (TPSA) is 144 Å². The molecule has 1 aromatic heterocycles. The molecule has 0 aliphatic carbocycles. The lowest BCUT2D eigenvalue weighted by molar-refractivity contribution is -0.144. The summed E-state index contributed by atoms with van der Waals surface area (Å²) < 4.78 is 6.20. The summed E-state index contributed by atoms with van der Waals surface area (Å²) in [5.74, 6) is 0.455. The van der Waals surface area contributed by atoms with E-state index in [1.54, 1.807) is 11.3 Å². The van der Waals surface area contributed by atoms with Gasteiger partial charge in [0.05, 0.1) is 22.2 Å². The van der Waals surface area contributed by atoms with Gasteiger partial charge in [-0.25, -0.2) is 4.98 Å². The minimum absolute atomic E-state index is 0.0113. The molecule has 7 rings (SSSR count). The van der Waals surface area contributed by atoms with Crippen LogP contribution in [-0.2, 0) is 25.7 Å². The summed E-state index contributed by atoms with van der Waals surface area (Å²) in [6, 6.07) is 35.3. The first-order valence-electron chi connectivity index (χ1n) is 25.0. The quantitative estimate of drug-likeness (QED) is 0.0376. The highest BCUT2D eigenvalue weighted by molar-refractivity contribution is 7.13. The number of carbonyl (C=O) groups excluding carboxylic acids is 4. The zero-order valence-corrected chi connectivity index (χ0v) is 43.2. The number of unbranched alkanes of at least 4 members (excludes halogenated alkanes) is 2. The normalized spacial score (nSPS) is 17.1. The molecule has 3 N–H and O–H groups in total. The molecule has 71 heavy (non-hydrogen) atoms. The summed E-state index contributed by atoms with van der Waals surface area (Å²) in [7, 11) is 0. The van der Waals surface area contributed by atoms with E-state index in [4.69, 9.17) is 16.3 Å². The number of aryl methyl sites for hydroxylation is 1. The van der Waals surface area contributed by atoms with E-state index in [0.717, 1.165) is 75.8 Å². The Hall–Kier alpha value is -5.86. The van der Waals surface area contributed by atoms with Crippen LogP contribution in [0, 0.1) is 12.3 Å². The molecule has 1 unspecified atom stereocenters. The van der Waals surface area contributed by atoms with E-state index in [1.807, 2.05) is 86.6 Å². The second-order valence-corrected chi connectivity index (χ2v) is 20.9. The van der Waals surface area contributed by atoms with Gasteiger partial charge in [0.15, 0.2) is 0 Å². The summed E-state index contributed by atoms with van der Waals surface area (Å²) in [5.41, 5.74) is 9.87. The number of thiazole rings is 1. The molecule has 2 aliphatic heterocycles. The number of nitrogens with zero attached hydrogens (tertiary/aromatic N) is 4. The molecule has 4 amide bonds. The summed E-state index contributed by atoms with van der Waals surface area (Å²) in [5, 5.41) is 16.5. The number of amides is 4. The van der Waals surface area contributed by atoms with Crippen LogP contribution >= 0.6 is 22.9 Å². The lowest BCUT2D eigenvalue weighted by Gasteiger charge is -2.35. The van der Waals surface area contributed by atoms with Gasteiger partial charge in [-0.15, -0.1) is 22.9 Å². The van der Waals surface area contributed by atoms with Crippen molar-refractivity contribution in [2.75, 3.05) is 51.8 Å². The molecule has 2 fully saturated rings. The number of hydrogen-bond acceptors (Lipinski definition) is 9. The fraction of sp³-hybridized carbons (Fsp3) is 0.421. The van der Waals surface area contributed by atoms with Gasteiger partial charge < -0.3 is 30.3 Å². The molecule has 0 spiro atoms. The number of aliphatic hydroxyl groups is 1. The molecule has 2 saturated heterocycles. The highest BCUT2D eigenvalue weighted by Crippen LogP contribution is 2.36. The van der Waals surface area contributed by atoms with Crippen molar-refractivity contribution in [3.8, 4) is 16.2 Å². The van der Waals surface area contributed by atoms with Crippen LogP contribution in [-0.4, -0.2) is 118 Å². The van der Waals surface area contributed by atoms with Crippen molar-refractivity contribution in [2.24, 2.45) is 5.41 Å². The minimum atomic E-state index is -0.895. The number of halogens is 1. The number of allylic oxidation sites excluding steroid dienone is 1. The van der Waals surface area contributed by atoms with Crippen molar-refractivity contribution in [1.29, 1.82) is 0 Å². The van der Waals surface area contributed by atoms with Crippen molar-refractivity contribution >= 4 is 57.7 Å². The van der Waals surface area contributed by atoms with Gasteiger partial charge in [0.1, 0.15) is 24.4 Å². The molecular weight excluding hydrogens is 932 g/mol. The van der Waals surface area contributed by atoms with Gasteiger partial charge in [0.2, 0.25) is 23.6 Å². The van der Waals surface area contributed by atoms with E-state index in [1.165, 1.54) is 10.5 Å². The molecule has 376 valence electrons. The van der Waals surface area contributed by atoms with Crippen LogP contribution in [0.5, 0.6) is 5.75 Å². The van der Waals surface area contributed by atoms with Crippen molar-refractivity contribution in [1.82, 2.24) is 30.3 Å². The maximum atomic E-state index is 14.1. The summed E-state index contributed by atoms with van der Waals surface area (Å²) in [6.07, 6.45) is 2.58. The van der Waals surface area contributed by atoms with Crippen LogP contribution < -0.4 is 15.4 Å². The van der Waals surface area contributed by atoms with Gasteiger partial charge in [-0.2, -0.15) is 0 Å². The van der Waals surface area contributed by atoms with E-state index < -0.39 is 29.5 Å². The lowest BCUT2D eigenvalue weighted by atomic mass is 9.85. The third-order valence-electron chi connectivity index (χ3n) is 13.4. The first-order chi connectivity index (χ1) is 34.3. The van der Waals surface area contributed by atoms with Gasteiger partial charge in [0, 0.05) is 71.0 Å². The number of β-amino-alcohol motifs (C(OH)–C–C–N with tert-alkyl or cyclic N) is 1. The van der Waals surface area contributed by atoms with Crippen molar-refractivity contribution in [3.05, 3.63) is 143 Å². The highest BCUT2D eigenvalue weighted by atomic mass is 35.5. The zero-order valence-electron chi connectivity index (χ0n) is 41.6. The number of nitrogens with one attached hydrogen (secondary N) is 2. The Bertz CT molecular complexity index is 2560. The van der Waals surface area contributed by atoms with E-state index >= 15 is 0 Å². The average molecular weight is 1000 g/mol. The molecule has 14 heteroatoms. The lowest BCUT2D eigenvalue weighted by Crippen LogP contribution is -2.57. The molecule has 0 bridgehead atoms. The highest BCUT2D eigenvalue weighted by Gasteiger charge is 2.44. The van der Waals surface area contributed by atoms with Gasteiger partial charge in [-0.3, -0.25) is 24.1 Å². The SMILES string of the molecule is Cc1ncsc1-c1ccc(CNC(=O)[C@@H]2C[C@@H](O)CN2C(=O)C(NC(=O)CCCCCC(=O)N2CCN(CCOc3ccc(/C(=C(/CCCl)c4ccccc4)c4ccccc4)cc3)CC2)C(C)(C)C)cc1. The number of alkyl halides is 1. The maximum absolute atomic E-state index is 14.1. The first-order valence-corrected chi connectivity index (χ1v) is 26.4. The number of piperazine rings is 1. The third-order valence-corrected chi connectivity index (χ3v) is 14.5. The van der Waals surface area contributed by atoms with Crippen LogP contribution in [0.2, 0.25) is 0 Å². The first kappa shape index (κ1) is 53.0. The Morgan fingerprint density at radius 1 is 0.817 bits per heavy atom. The number of hydrogen-bond donors (Lipinski definition) is 3. The summed E-state index contributed by atoms with van der Waals surface area (Å²) >= 11 is 7.92. The monoisotopic (exact) mass is 1000 g/mol. The Labute approximate surface area is 428 Å². The number of aliphatic hydroxyl groups excluding tert-OH is 1. The van der Waals surface area contributed by atoms with Crippen molar-refractivity contribution < 1.29 is 29.0 Å². The second-order valence-electron chi connectivity index (χ2n) is 19.6. The molecule has 0 radical (unpaired) electrons. The molecule has 5 aromatic rings. The predicted octanol–water partition coefficient (Wildman–Crippen LogP) is 8.99. The zero-order chi connectivity index (χ0) is 50.3. The largest absolute Gasteiger partial charge is 0.492 e. The Balaban J connectivity index is 0.801. The molecular formula is C57H69ClN6O6S. The van der Waals surface area contributed by atoms with Crippen LogP contribution in [0.1, 0.15) is 93.7 Å². The fourth-order valence-electron chi connectivity index (χ4n) is 9.41. The fourth-order valence-corrected chi connectivity index (χ4v) is 10.4. The minimum Gasteiger partial charge on any atom is -0.492 e. The molecule has 12 nitrogen and oxygen atoms in total. The van der Waals surface area contributed by atoms with Gasteiger partial charge in [-0.05, 0) is 82.7 Å². The van der Waals surface area contributed by atoms with E-state index in [-0.39, 0.29) is 43.7 Å². The van der Waals surface area contributed by atoms with Crippen LogP contribution in [0.25, 0.3) is 21.6 Å².